The average molecular weight is 500 g/mol. The Morgan fingerprint density at radius 2 is 1.62 bits per heavy atom. The van der Waals surface area contributed by atoms with Gasteiger partial charge >= 0.3 is 0 Å². The Bertz CT molecular complexity index is 1340. The molecule has 0 saturated heterocycles. The summed E-state index contributed by atoms with van der Waals surface area (Å²) < 4.78 is 13.4. The molecule has 0 saturated carbocycles. The van der Waals surface area contributed by atoms with E-state index in [9.17, 15) is 14.0 Å². The highest BCUT2D eigenvalue weighted by Crippen LogP contribution is 2.19. The van der Waals surface area contributed by atoms with E-state index in [1.807, 2.05) is 74.3 Å². The molecule has 0 atom stereocenters. The number of rotatable bonds is 10. The van der Waals surface area contributed by atoms with Crippen LogP contribution in [0.25, 0.3) is 10.9 Å². The number of aromatic nitrogens is 1. The molecular weight excluding hydrogens is 465 g/mol. The number of aromatic amines is 1. The number of hydrogen-bond donors (Lipinski definition) is 1. The van der Waals surface area contributed by atoms with Gasteiger partial charge in [0.1, 0.15) is 12.4 Å². The van der Waals surface area contributed by atoms with Crippen molar-refractivity contribution in [1.82, 2.24) is 14.8 Å². The number of nitrogens with zero attached hydrogens (tertiary/aromatic N) is 2. The Morgan fingerprint density at radius 1 is 0.919 bits per heavy atom. The van der Waals surface area contributed by atoms with Crippen LogP contribution in [0.2, 0.25) is 0 Å². The number of para-hydroxylation sites is 1. The zero-order chi connectivity index (χ0) is 26.4. The molecule has 192 valence electrons. The number of aryl methyl sites for hydroxylation is 1. The lowest BCUT2D eigenvalue weighted by molar-refractivity contribution is -0.132. The number of nitrogens with one attached hydrogen (secondary N) is 1. The number of hydrogen-bond acceptors (Lipinski definition) is 2. The van der Waals surface area contributed by atoms with Crippen LogP contribution in [0.5, 0.6) is 0 Å². The summed E-state index contributed by atoms with van der Waals surface area (Å²) in [5.41, 5.74) is 4.80. The van der Waals surface area contributed by atoms with Gasteiger partial charge in [0.05, 0.1) is 0 Å². The van der Waals surface area contributed by atoms with Gasteiger partial charge in [-0.3, -0.25) is 9.59 Å². The number of fused-ring (bicyclic) bond motifs is 1. The molecule has 0 spiro atoms. The van der Waals surface area contributed by atoms with Crippen molar-refractivity contribution in [3.8, 4) is 0 Å². The summed E-state index contributed by atoms with van der Waals surface area (Å²) in [6, 6.07) is 21.8. The van der Waals surface area contributed by atoms with E-state index in [-0.39, 0.29) is 24.3 Å². The Morgan fingerprint density at radius 3 is 2.32 bits per heavy atom. The highest BCUT2D eigenvalue weighted by Gasteiger charge is 2.23. The summed E-state index contributed by atoms with van der Waals surface area (Å²) in [4.78, 5) is 33.7. The van der Waals surface area contributed by atoms with Crippen molar-refractivity contribution in [3.63, 3.8) is 0 Å². The third kappa shape index (κ3) is 6.85. The lowest BCUT2D eigenvalue weighted by Gasteiger charge is -2.29. The second kappa shape index (κ2) is 11.9. The topological polar surface area (TPSA) is 56.4 Å². The van der Waals surface area contributed by atoms with Crippen LogP contribution in [-0.4, -0.2) is 46.2 Å². The van der Waals surface area contributed by atoms with Crippen LogP contribution in [-0.2, 0) is 17.8 Å². The molecule has 0 unspecified atom stereocenters. The van der Waals surface area contributed by atoms with Crippen LogP contribution in [0.15, 0.2) is 79.0 Å². The van der Waals surface area contributed by atoms with Gasteiger partial charge in [-0.1, -0.05) is 61.9 Å². The molecule has 0 fully saturated rings. The fourth-order valence-corrected chi connectivity index (χ4v) is 4.50. The summed E-state index contributed by atoms with van der Waals surface area (Å²) in [6.07, 6.45) is 2.69. The highest BCUT2D eigenvalue weighted by molar-refractivity contribution is 5.96. The maximum atomic E-state index is 13.7. The maximum absolute atomic E-state index is 13.7. The van der Waals surface area contributed by atoms with Crippen molar-refractivity contribution in [3.05, 3.63) is 107 Å². The third-order valence-corrected chi connectivity index (χ3v) is 6.46. The Balaban J connectivity index is 1.55. The van der Waals surface area contributed by atoms with Crippen molar-refractivity contribution >= 4 is 22.7 Å². The normalized spacial score (nSPS) is 11.2. The molecule has 0 bridgehead atoms. The number of carbonyl (C=O) groups is 2. The second-order valence-electron chi connectivity index (χ2n) is 10.00. The van der Waals surface area contributed by atoms with E-state index in [4.69, 9.17) is 0 Å². The van der Waals surface area contributed by atoms with E-state index in [1.54, 1.807) is 4.90 Å². The van der Waals surface area contributed by atoms with Gasteiger partial charge in [0.2, 0.25) is 5.91 Å². The fourth-order valence-electron chi connectivity index (χ4n) is 4.50. The number of H-pyrrole nitrogens is 1. The first-order chi connectivity index (χ1) is 17.8. The van der Waals surface area contributed by atoms with Gasteiger partial charge in [-0.25, -0.2) is 4.39 Å². The summed E-state index contributed by atoms with van der Waals surface area (Å²) >= 11 is 0. The van der Waals surface area contributed by atoms with Gasteiger partial charge in [0.15, 0.2) is 0 Å². The molecule has 4 rings (SSSR count). The molecule has 2 amide bonds. The molecule has 4 aromatic rings. The molecule has 3 aromatic carbocycles. The van der Waals surface area contributed by atoms with Gasteiger partial charge in [0, 0.05) is 42.3 Å². The van der Waals surface area contributed by atoms with Gasteiger partial charge in [-0.15, -0.1) is 0 Å². The van der Waals surface area contributed by atoms with Crippen LogP contribution in [0.4, 0.5) is 4.39 Å². The Kier molecular flexibility index (Phi) is 8.39. The smallest absolute Gasteiger partial charge is 0.254 e. The largest absolute Gasteiger partial charge is 0.361 e. The van der Waals surface area contributed by atoms with Crippen LogP contribution >= 0.6 is 0 Å². The van der Waals surface area contributed by atoms with E-state index in [2.05, 4.69) is 11.1 Å². The molecule has 1 aromatic heterocycles. The first kappa shape index (κ1) is 26.1. The van der Waals surface area contributed by atoms with E-state index >= 15 is 0 Å². The molecule has 5 nitrogen and oxygen atoms in total. The fraction of sp³-hybridized carbons (Fsp3) is 0.290. The maximum Gasteiger partial charge on any atom is 0.254 e. The Hall–Kier alpha value is -3.93. The van der Waals surface area contributed by atoms with Crippen molar-refractivity contribution in [2.75, 3.05) is 19.6 Å². The molecule has 37 heavy (non-hydrogen) atoms. The van der Waals surface area contributed by atoms with E-state index in [0.717, 1.165) is 27.6 Å². The lowest BCUT2D eigenvalue weighted by atomic mass is 10.1. The van der Waals surface area contributed by atoms with Gasteiger partial charge < -0.3 is 14.8 Å². The lowest BCUT2D eigenvalue weighted by Crippen LogP contribution is -2.44. The summed E-state index contributed by atoms with van der Waals surface area (Å²) in [7, 11) is 0. The van der Waals surface area contributed by atoms with Crippen molar-refractivity contribution < 1.29 is 14.0 Å². The predicted octanol–water partition coefficient (Wildman–Crippen LogP) is 5.99. The van der Waals surface area contributed by atoms with Crippen molar-refractivity contribution in [2.45, 2.75) is 33.7 Å². The van der Waals surface area contributed by atoms with Gasteiger partial charge in [-0.2, -0.15) is 0 Å². The van der Waals surface area contributed by atoms with E-state index in [0.29, 0.717) is 31.6 Å². The van der Waals surface area contributed by atoms with Gasteiger partial charge in [0.25, 0.3) is 5.91 Å². The SMILES string of the molecule is Cc1ccc(CN(CCc2c[nH]c3ccccc23)C(=O)CN(CC(C)C)C(=O)c2ccc(F)cc2)cc1. The van der Waals surface area contributed by atoms with Crippen LogP contribution in [0.1, 0.15) is 40.9 Å². The molecule has 0 aliphatic heterocycles. The van der Waals surface area contributed by atoms with Crippen molar-refractivity contribution in [2.24, 2.45) is 5.92 Å². The van der Waals surface area contributed by atoms with Gasteiger partial charge in [-0.05, 0) is 60.7 Å². The third-order valence-electron chi connectivity index (χ3n) is 6.46. The summed E-state index contributed by atoms with van der Waals surface area (Å²) in [5.74, 6) is -0.607. The second-order valence-corrected chi connectivity index (χ2v) is 10.00. The molecular formula is C31H34FN3O2. The Labute approximate surface area is 217 Å². The molecule has 6 heteroatoms. The minimum Gasteiger partial charge on any atom is -0.361 e. The number of benzene rings is 3. The molecule has 0 aliphatic carbocycles. The zero-order valence-corrected chi connectivity index (χ0v) is 21.7. The van der Waals surface area contributed by atoms with Crippen molar-refractivity contribution in [1.29, 1.82) is 0 Å². The summed E-state index contributed by atoms with van der Waals surface area (Å²) in [5, 5.41) is 1.15. The first-order valence-electron chi connectivity index (χ1n) is 12.7. The quantitative estimate of drug-likeness (QED) is 0.292. The molecule has 0 radical (unpaired) electrons. The summed E-state index contributed by atoms with van der Waals surface area (Å²) in [6.45, 7) is 7.44. The number of halogens is 1. The molecule has 1 N–H and O–H groups in total. The first-order valence-corrected chi connectivity index (χ1v) is 12.7. The number of carbonyl (C=O) groups excluding carboxylic acids is 2. The standard InChI is InChI=1S/C31H34FN3O2/c1-22(2)19-35(31(37)25-12-14-27(32)15-13-25)21-30(36)34(20-24-10-8-23(3)9-11-24)17-16-26-18-33-29-7-5-4-6-28(26)29/h4-15,18,22,33H,16-17,19-21H2,1-3H3. The molecule has 1 heterocycles. The minimum absolute atomic E-state index is 0.0336. The van der Waals surface area contributed by atoms with Crippen LogP contribution < -0.4 is 0 Å². The zero-order valence-electron chi connectivity index (χ0n) is 21.7. The van der Waals surface area contributed by atoms with E-state index < -0.39 is 5.82 Å². The number of amides is 2. The van der Waals surface area contributed by atoms with Crippen LogP contribution in [0, 0.1) is 18.7 Å². The van der Waals surface area contributed by atoms with Crippen LogP contribution in [0.3, 0.4) is 0 Å². The average Bonchev–Trinajstić information content (AvgIpc) is 3.30. The van der Waals surface area contributed by atoms with E-state index in [1.165, 1.54) is 24.3 Å². The minimum atomic E-state index is -0.399. The monoisotopic (exact) mass is 499 g/mol. The predicted molar refractivity (Wildman–Crippen MR) is 146 cm³/mol. The molecule has 0 aliphatic rings. The highest BCUT2D eigenvalue weighted by atomic mass is 19.1.